The summed E-state index contributed by atoms with van der Waals surface area (Å²) in [5.41, 5.74) is 0. The molecule has 0 spiro atoms. The van der Waals surface area contributed by atoms with E-state index in [0.29, 0.717) is 28.6 Å². The number of benzene rings is 1. The highest BCUT2D eigenvalue weighted by molar-refractivity contribution is 6.42. The molecule has 2 nitrogen and oxygen atoms in total. The molecule has 0 heterocycles. The van der Waals surface area contributed by atoms with Crippen LogP contribution in [-0.2, 0) is 4.79 Å². The molecule has 1 aromatic carbocycles. The number of ketones is 1. The lowest BCUT2D eigenvalue weighted by molar-refractivity contribution is -0.117. The van der Waals surface area contributed by atoms with Gasteiger partial charge in [-0.2, -0.15) is 0 Å². The quantitative estimate of drug-likeness (QED) is 0.797. The maximum absolute atomic E-state index is 11.1. The molecule has 0 aliphatic heterocycles. The summed E-state index contributed by atoms with van der Waals surface area (Å²) in [4.78, 5) is 11.1. The van der Waals surface area contributed by atoms with Crippen LogP contribution in [0.1, 0.15) is 19.3 Å². The van der Waals surface area contributed by atoms with E-state index in [0.717, 1.165) is 6.42 Å². The Morgan fingerprint density at radius 2 is 2.13 bits per heavy atom. The fourth-order valence-corrected chi connectivity index (χ4v) is 1.97. The summed E-state index contributed by atoms with van der Waals surface area (Å²) in [6.45, 7) is 0. The molecule has 1 aliphatic rings. The average Bonchev–Trinajstić information content (AvgIpc) is 2.59. The number of ether oxygens (including phenoxy) is 1. The Hall–Kier alpha value is -0.730. The average molecular weight is 245 g/mol. The molecule has 0 amide bonds. The smallest absolute Gasteiger partial charge is 0.139 e. The van der Waals surface area contributed by atoms with Gasteiger partial charge < -0.3 is 4.74 Å². The predicted octanol–water partition coefficient (Wildman–Crippen LogP) is 3.49. The molecule has 0 aromatic heterocycles. The van der Waals surface area contributed by atoms with E-state index in [1.165, 1.54) is 0 Å². The molecule has 0 saturated heterocycles. The predicted molar refractivity (Wildman–Crippen MR) is 59.7 cm³/mol. The highest BCUT2D eigenvalue weighted by atomic mass is 35.5. The summed E-state index contributed by atoms with van der Waals surface area (Å²) in [6, 6.07) is 5.24. The first-order valence-corrected chi connectivity index (χ1v) is 5.55. The van der Waals surface area contributed by atoms with Crippen LogP contribution in [0.4, 0.5) is 0 Å². The summed E-state index contributed by atoms with van der Waals surface area (Å²) in [6.07, 6.45) is 1.79. The molecule has 15 heavy (non-hydrogen) atoms. The van der Waals surface area contributed by atoms with Crippen LogP contribution in [0.5, 0.6) is 5.75 Å². The Balaban J connectivity index is 2.11. The van der Waals surface area contributed by atoms with Gasteiger partial charge in [0.25, 0.3) is 0 Å². The van der Waals surface area contributed by atoms with Crippen molar-refractivity contribution >= 4 is 29.0 Å². The summed E-state index contributed by atoms with van der Waals surface area (Å²) < 4.78 is 5.62. The van der Waals surface area contributed by atoms with Gasteiger partial charge in [-0.05, 0) is 18.6 Å². The van der Waals surface area contributed by atoms with Crippen LogP contribution < -0.4 is 4.74 Å². The monoisotopic (exact) mass is 244 g/mol. The van der Waals surface area contributed by atoms with Gasteiger partial charge in [0.05, 0.1) is 5.02 Å². The van der Waals surface area contributed by atoms with Gasteiger partial charge in [0.1, 0.15) is 22.7 Å². The van der Waals surface area contributed by atoms with Crippen LogP contribution in [0.15, 0.2) is 18.2 Å². The van der Waals surface area contributed by atoms with Crippen LogP contribution in [-0.4, -0.2) is 11.9 Å². The van der Waals surface area contributed by atoms with Gasteiger partial charge >= 0.3 is 0 Å². The molecule has 1 aromatic rings. The SMILES string of the molecule is O=C1CCC(Oc2cccc(Cl)c2Cl)C1. The Kier molecular flexibility index (Phi) is 3.17. The molecule has 2 rings (SSSR count). The minimum atomic E-state index is -0.0477. The first-order chi connectivity index (χ1) is 7.16. The highest BCUT2D eigenvalue weighted by Crippen LogP contribution is 2.33. The van der Waals surface area contributed by atoms with E-state index in [1.807, 2.05) is 0 Å². The second-order valence-electron chi connectivity index (χ2n) is 3.57. The van der Waals surface area contributed by atoms with Crippen molar-refractivity contribution in [1.29, 1.82) is 0 Å². The Morgan fingerprint density at radius 1 is 1.33 bits per heavy atom. The number of rotatable bonds is 2. The molecule has 0 radical (unpaired) electrons. The van der Waals surface area contributed by atoms with Crippen molar-refractivity contribution in [3.63, 3.8) is 0 Å². The number of hydrogen-bond acceptors (Lipinski definition) is 2. The van der Waals surface area contributed by atoms with Crippen molar-refractivity contribution in [2.24, 2.45) is 0 Å². The third-order valence-electron chi connectivity index (χ3n) is 2.41. The van der Waals surface area contributed by atoms with Gasteiger partial charge in [-0.1, -0.05) is 29.3 Å². The first kappa shape index (κ1) is 10.8. The van der Waals surface area contributed by atoms with E-state index < -0.39 is 0 Å². The molecule has 1 saturated carbocycles. The standard InChI is InChI=1S/C11H10Cl2O2/c12-9-2-1-3-10(11(9)13)15-8-5-4-7(14)6-8/h1-3,8H,4-6H2. The second kappa shape index (κ2) is 4.42. The van der Waals surface area contributed by atoms with Crippen LogP contribution in [0.3, 0.4) is 0 Å². The summed E-state index contributed by atoms with van der Waals surface area (Å²) >= 11 is 11.8. The van der Waals surface area contributed by atoms with E-state index in [9.17, 15) is 4.79 Å². The van der Waals surface area contributed by atoms with Crippen molar-refractivity contribution in [3.05, 3.63) is 28.2 Å². The molecular weight excluding hydrogens is 235 g/mol. The van der Waals surface area contributed by atoms with Gasteiger partial charge in [0, 0.05) is 12.8 Å². The molecule has 1 fully saturated rings. The maximum atomic E-state index is 11.1. The van der Waals surface area contributed by atoms with E-state index in [4.69, 9.17) is 27.9 Å². The lowest BCUT2D eigenvalue weighted by atomic mass is 10.3. The van der Waals surface area contributed by atoms with E-state index in [1.54, 1.807) is 18.2 Å². The molecule has 4 heteroatoms. The topological polar surface area (TPSA) is 26.3 Å². The molecule has 80 valence electrons. The number of carbonyl (C=O) groups is 1. The molecule has 1 aliphatic carbocycles. The van der Waals surface area contributed by atoms with E-state index in [2.05, 4.69) is 0 Å². The number of halogens is 2. The normalized spacial score (nSPS) is 20.7. The largest absolute Gasteiger partial charge is 0.488 e. The zero-order chi connectivity index (χ0) is 10.8. The number of carbonyl (C=O) groups excluding carboxylic acids is 1. The number of Topliss-reactive ketones (excluding diaryl/α,β-unsaturated/α-hetero) is 1. The minimum absolute atomic E-state index is 0.0477. The molecule has 1 unspecified atom stereocenters. The lowest BCUT2D eigenvalue weighted by Gasteiger charge is -2.13. The molecule has 0 bridgehead atoms. The van der Waals surface area contributed by atoms with E-state index in [-0.39, 0.29) is 11.9 Å². The summed E-state index contributed by atoms with van der Waals surface area (Å²) in [7, 11) is 0. The van der Waals surface area contributed by atoms with Crippen molar-refractivity contribution in [2.45, 2.75) is 25.4 Å². The van der Waals surface area contributed by atoms with Crippen molar-refractivity contribution in [1.82, 2.24) is 0 Å². The summed E-state index contributed by atoms with van der Waals surface area (Å²) in [5.74, 6) is 0.807. The Morgan fingerprint density at radius 3 is 2.80 bits per heavy atom. The van der Waals surface area contributed by atoms with Crippen LogP contribution in [0.2, 0.25) is 10.0 Å². The van der Waals surface area contributed by atoms with Gasteiger partial charge in [-0.3, -0.25) is 4.79 Å². The first-order valence-electron chi connectivity index (χ1n) is 4.79. The molecular formula is C11H10Cl2O2. The lowest BCUT2D eigenvalue weighted by Crippen LogP contribution is -2.12. The Labute approximate surface area is 98.1 Å². The zero-order valence-electron chi connectivity index (χ0n) is 8.00. The molecule has 1 atom stereocenters. The fraction of sp³-hybridized carbons (Fsp3) is 0.364. The van der Waals surface area contributed by atoms with Gasteiger partial charge in [0.2, 0.25) is 0 Å². The van der Waals surface area contributed by atoms with Crippen LogP contribution in [0.25, 0.3) is 0 Å². The van der Waals surface area contributed by atoms with Crippen molar-refractivity contribution in [2.75, 3.05) is 0 Å². The van der Waals surface area contributed by atoms with Crippen molar-refractivity contribution < 1.29 is 9.53 Å². The number of hydrogen-bond donors (Lipinski definition) is 0. The third kappa shape index (κ3) is 2.44. The van der Waals surface area contributed by atoms with Crippen LogP contribution in [0, 0.1) is 0 Å². The van der Waals surface area contributed by atoms with E-state index >= 15 is 0 Å². The minimum Gasteiger partial charge on any atom is -0.488 e. The fourth-order valence-electron chi connectivity index (χ4n) is 1.64. The third-order valence-corrected chi connectivity index (χ3v) is 3.21. The zero-order valence-corrected chi connectivity index (χ0v) is 9.52. The van der Waals surface area contributed by atoms with Gasteiger partial charge in [-0.25, -0.2) is 0 Å². The van der Waals surface area contributed by atoms with Crippen LogP contribution >= 0.6 is 23.2 Å². The second-order valence-corrected chi connectivity index (χ2v) is 4.36. The summed E-state index contributed by atoms with van der Waals surface area (Å²) in [5, 5.41) is 0.886. The van der Waals surface area contributed by atoms with Gasteiger partial charge in [-0.15, -0.1) is 0 Å². The molecule has 0 N–H and O–H groups in total. The van der Waals surface area contributed by atoms with Gasteiger partial charge in [0.15, 0.2) is 0 Å². The van der Waals surface area contributed by atoms with Crippen molar-refractivity contribution in [3.8, 4) is 5.75 Å². The Bertz CT molecular complexity index is 390. The highest BCUT2D eigenvalue weighted by Gasteiger charge is 2.24. The maximum Gasteiger partial charge on any atom is 0.139 e.